The number of nitrogens with zero attached hydrogens (tertiary/aromatic N) is 1. The molecule has 0 saturated carbocycles. The standard InChI is InChI=1S/C19H19NO2/c1-4-12-10-15(17(5-2)20(12)3)16-11-18(21)13-8-6-7-9-14(13)19(16)22/h6-11H,4-5H2,1-3H3. The Kier molecular flexibility index (Phi) is 3.57. The molecule has 0 atom stereocenters. The highest BCUT2D eigenvalue weighted by molar-refractivity contribution is 6.38. The Morgan fingerprint density at radius 1 is 0.955 bits per heavy atom. The Balaban J connectivity index is 2.18. The van der Waals surface area contributed by atoms with E-state index in [4.69, 9.17) is 0 Å². The Bertz CT molecular complexity index is 809. The average molecular weight is 293 g/mol. The van der Waals surface area contributed by atoms with E-state index in [9.17, 15) is 9.59 Å². The van der Waals surface area contributed by atoms with Gasteiger partial charge in [-0.1, -0.05) is 38.1 Å². The minimum Gasteiger partial charge on any atom is -0.351 e. The fourth-order valence-corrected chi connectivity index (χ4v) is 3.22. The van der Waals surface area contributed by atoms with Crippen molar-refractivity contribution in [3.8, 4) is 0 Å². The molecule has 0 N–H and O–H groups in total. The highest BCUT2D eigenvalue weighted by Crippen LogP contribution is 2.31. The van der Waals surface area contributed by atoms with Crippen molar-refractivity contribution in [1.29, 1.82) is 0 Å². The molecule has 3 heteroatoms. The van der Waals surface area contributed by atoms with Crippen molar-refractivity contribution in [2.75, 3.05) is 0 Å². The van der Waals surface area contributed by atoms with E-state index in [1.54, 1.807) is 24.3 Å². The molecule has 22 heavy (non-hydrogen) atoms. The summed E-state index contributed by atoms with van der Waals surface area (Å²) in [5.41, 5.74) is 4.70. The van der Waals surface area contributed by atoms with E-state index in [2.05, 4.69) is 18.4 Å². The smallest absolute Gasteiger partial charge is 0.194 e. The fraction of sp³-hybridized carbons (Fsp3) is 0.263. The monoisotopic (exact) mass is 293 g/mol. The first-order chi connectivity index (χ1) is 10.6. The van der Waals surface area contributed by atoms with E-state index < -0.39 is 0 Å². The van der Waals surface area contributed by atoms with Crippen LogP contribution in [0.25, 0.3) is 5.57 Å². The van der Waals surface area contributed by atoms with Gasteiger partial charge in [0.25, 0.3) is 0 Å². The number of aromatic nitrogens is 1. The first kappa shape index (κ1) is 14.5. The molecule has 0 saturated heterocycles. The highest BCUT2D eigenvalue weighted by atomic mass is 16.1. The van der Waals surface area contributed by atoms with Gasteiger partial charge in [0.05, 0.1) is 0 Å². The third kappa shape index (κ3) is 2.05. The van der Waals surface area contributed by atoms with Crippen molar-refractivity contribution in [2.24, 2.45) is 7.05 Å². The summed E-state index contributed by atoms with van der Waals surface area (Å²) in [6, 6.07) is 9.09. The van der Waals surface area contributed by atoms with Crippen LogP contribution < -0.4 is 0 Å². The number of aryl methyl sites for hydroxylation is 1. The SMILES string of the molecule is CCc1cc(C2=CC(=O)c3ccccc3C2=O)c(CC)n1C. The zero-order valence-electron chi connectivity index (χ0n) is 13.1. The third-order valence-corrected chi connectivity index (χ3v) is 4.40. The zero-order chi connectivity index (χ0) is 15.9. The summed E-state index contributed by atoms with van der Waals surface area (Å²) in [7, 11) is 2.02. The molecule has 1 aromatic heterocycles. The number of hydrogen-bond acceptors (Lipinski definition) is 2. The Morgan fingerprint density at radius 2 is 1.64 bits per heavy atom. The molecular formula is C19H19NO2. The van der Waals surface area contributed by atoms with Crippen LogP contribution in [0.2, 0.25) is 0 Å². The summed E-state index contributed by atoms with van der Waals surface area (Å²) in [6.45, 7) is 4.16. The van der Waals surface area contributed by atoms with Crippen LogP contribution in [0.5, 0.6) is 0 Å². The second-order valence-corrected chi connectivity index (χ2v) is 5.56. The number of carbonyl (C=O) groups excluding carboxylic acids is 2. The van der Waals surface area contributed by atoms with Crippen LogP contribution in [0.15, 0.2) is 36.4 Å². The van der Waals surface area contributed by atoms with Gasteiger partial charge in [-0.25, -0.2) is 0 Å². The van der Waals surface area contributed by atoms with Crippen LogP contribution >= 0.6 is 0 Å². The summed E-state index contributed by atoms with van der Waals surface area (Å²) in [4.78, 5) is 25.2. The summed E-state index contributed by atoms with van der Waals surface area (Å²) in [5.74, 6) is -0.146. The van der Waals surface area contributed by atoms with Gasteiger partial charge in [-0.05, 0) is 25.0 Å². The lowest BCUT2D eigenvalue weighted by Crippen LogP contribution is -2.16. The number of rotatable bonds is 3. The van der Waals surface area contributed by atoms with Gasteiger partial charge in [0.2, 0.25) is 0 Å². The molecule has 1 aliphatic rings. The summed E-state index contributed by atoms with van der Waals surface area (Å²) >= 11 is 0. The molecule has 0 unspecified atom stereocenters. The third-order valence-electron chi connectivity index (χ3n) is 4.40. The van der Waals surface area contributed by atoms with Crippen LogP contribution in [0.4, 0.5) is 0 Å². The first-order valence-electron chi connectivity index (χ1n) is 7.66. The molecule has 1 heterocycles. The second-order valence-electron chi connectivity index (χ2n) is 5.56. The van der Waals surface area contributed by atoms with Crippen LogP contribution in [-0.2, 0) is 19.9 Å². The lowest BCUT2D eigenvalue weighted by Gasteiger charge is -2.15. The Hall–Kier alpha value is -2.42. The van der Waals surface area contributed by atoms with Crippen LogP contribution in [-0.4, -0.2) is 16.1 Å². The highest BCUT2D eigenvalue weighted by Gasteiger charge is 2.28. The minimum absolute atomic E-state index is 0.0573. The minimum atomic E-state index is -0.0887. The Morgan fingerprint density at radius 3 is 2.27 bits per heavy atom. The van der Waals surface area contributed by atoms with Crippen molar-refractivity contribution in [1.82, 2.24) is 4.57 Å². The molecule has 3 rings (SSSR count). The molecule has 0 radical (unpaired) electrons. The maximum Gasteiger partial charge on any atom is 0.194 e. The van der Waals surface area contributed by atoms with E-state index in [1.807, 2.05) is 13.1 Å². The molecular weight excluding hydrogens is 274 g/mol. The van der Waals surface area contributed by atoms with E-state index in [1.165, 1.54) is 11.8 Å². The summed E-state index contributed by atoms with van der Waals surface area (Å²) in [6.07, 6.45) is 3.22. The second kappa shape index (κ2) is 5.41. The number of Topliss-reactive ketones (excluding diaryl/α,β-unsaturated/α-hetero) is 1. The van der Waals surface area contributed by atoms with Gasteiger partial charge < -0.3 is 4.57 Å². The molecule has 0 spiro atoms. The van der Waals surface area contributed by atoms with E-state index >= 15 is 0 Å². The van der Waals surface area contributed by atoms with E-state index in [0.29, 0.717) is 16.7 Å². The van der Waals surface area contributed by atoms with Gasteiger partial charge in [0.15, 0.2) is 11.6 Å². The molecule has 0 amide bonds. The molecule has 1 aromatic carbocycles. The van der Waals surface area contributed by atoms with Crippen molar-refractivity contribution in [3.05, 3.63) is 64.5 Å². The fourth-order valence-electron chi connectivity index (χ4n) is 3.22. The van der Waals surface area contributed by atoms with Crippen molar-refractivity contribution in [3.63, 3.8) is 0 Å². The van der Waals surface area contributed by atoms with E-state index in [0.717, 1.165) is 24.1 Å². The Labute approximate surface area is 130 Å². The average Bonchev–Trinajstić information content (AvgIpc) is 2.86. The van der Waals surface area contributed by atoms with Crippen molar-refractivity contribution in [2.45, 2.75) is 26.7 Å². The maximum atomic E-state index is 12.8. The number of allylic oxidation sites excluding steroid dienone is 2. The molecule has 0 fully saturated rings. The topological polar surface area (TPSA) is 39.1 Å². The number of carbonyl (C=O) groups is 2. The van der Waals surface area contributed by atoms with E-state index in [-0.39, 0.29) is 11.6 Å². The quantitative estimate of drug-likeness (QED) is 0.867. The molecule has 2 aromatic rings. The molecule has 0 bridgehead atoms. The lowest BCUT2D eigenvalue weighted by atomic mass is 9.86. The van der Waals surface area contributed by atoms with Crippen LogP contribution in [0, 0.1) is 0 Å². The molecule has 3 nitrogen and oxygen atoms in total. The molecule has 1 aliphatic carbocycles. The maximum absolute atomic E-state index is 12.8. The van der Waals surface area contributed by atoms with Gasteiger partial charge in [0, 0.05) is 40.7 Å². The van der Waals surface area contributed by atoms with Gasteiger partial charge in [-0.2, -0.15) is 0 Å². The molecule has 0 aliphatic heterocycles. The van der Waals surface area contributed by atoms with Gasteiger partial charge in [-0.15, -0.1) is 0 Å². The predicted octanol–water partition coefficient (Wildman–Crippen LogP) is 3.61. The summed E-state index contributed by atoms with van der Waals surface area (Å²) < 4.78 is 2.13. The zero-order valence-corrected chi connectivity index (χ0v) is 13.1. The lowest BCUT2D eigenvalue weighted by molar-refractivity contribution is 0.100. The number of hydrogen-bond donors (Lipinski definition) is 0. The van der Waals surface area contributed by atoms with Gasteiger partial charge in [-0.3, -0.25) is 9.59 Å². The largest absolute Gasteiger partial charge is 0.351 e. The van der Waals surface area contributed by atoms with Crippen LogP contribution in [0.3, 0.4) is 0 Å². The van der Waals surface area contributed by atoms with Crippen molar-refractivity contribution < 1.29 is 9.59 Å². The van der Waals surface area contributed by atoms with Gasteiger partial charge in [0.1, 0.15) is 0 Å². The van der Waals surface area contributed by atoms with Crippen molar-refractivity contribution >= 4 is 17.1 Å². The molecule has 112 valence electrons. The number of benzene rings is 1. The summed E-state index contributed by atoms with van der Waals surface area (Å²) in [5, 5.41) is 0. The first-order valence-corrected chi connectivity index (χ1v) is 7.66. The predicted molar refractivity (Wildman–Crippen MR) is 87.2 cm³/mol. The number of fused-ring (bicyclic) bond motifs is 1. The normalized spacial score (nSPS) is 14.0. The van der Waals surface area contributed by atoms with Crippen LogP contribution in [0.1, 0.15) is 51.5 Å². The number of ketones is 2. The van der Waals surface area contributed by atoms with Gasteiger partial charge >= 0.3 is 0 Å².